The van der Waals surface area contributed by atoms with E-state index in [1.165, 1.54) is 0 Å². The number of fused-ring (bicyclic) bond motifs is 5. The molecule has 0 spiro atoms. The molecule has 1 N–H and O–H groups in total. The van der Waals surface area contributed by atoms with E-state index in [0.29, 0.717) is 12.1 Å². The fourth-order valence-electron chi connectivity index (χ4n) is 4.50. The lowest BCUT2D eigenvalue weighted by Gasteiger charge is -2.36. The van der Waals surface area contributed by atoms with Gasteiger partial charge in [-0.25, -0.2) is 4.79 Å². The van der Waals surface area contributed by atoms with Gasteiger partial charge in [0.25, 0.3) is 5.91 Å². The molecule has 1 aromatic rings. The number of amides is 3. The Balaban J connectivity index is 1.84. The minimum atomic E-state index is -0.802. The van der Waals surface area contributed by atoms with Gasteiger partial charge in [-0.1, -0.05) is 0 Å². The third-order valence-electron chi connectivity index (χ3n) is 5.51. The molecular weight excluding hydrogens is 380 g/mol. The first kappa shape index (κ1) is 15.9. The molecule has 9 heteroatoms. The van der Waals surface area contributed by atoms with Crippen molar-refractivity contribution < 1.29 is 19.1 Å². The maximum atomic E-state index is 12.7. The summed E-state index contributed by atoms with van der Waals surface area (Å²) in [6.07, 6.45) is 0.585. The number of hydrogen-bond acceptors (Lipinski definition) is 4. The number of halogens is 1. The fourth-order valence-corrected chi connectivity index (χ4v) is 5.08. The summed E-state index contributed by atoms with van der Waals surface area (Å²) >= 11 is 3.53. The molecule has 130 valence electrons. The first-order valence-corrected chi connectivity index (χ1v) is 8.51. The molecule has 4 atom stereocenters. The highest BCUT2D eigenvalue weighted by Crippen LogP contribution is 2.51. The zero-order valence-electron chi connectivity index (χ0n) is 13.7. The number of carbonyl (C=O) groups excluding carboxylic acids is 2. The summed E-state index contributed by atoms with van der Waals surface area (Å²) in [4.78, 5) is 28.4. The lowest BCUT2D eigenvalue weighted by molar-refractivity contribution is -0.103. The van der Waals surface area contributed by atoms with Crippen LogP contribution in [-0.4, -0.2) is 72.1 Å². The van der Waals surface area contributed by atoms with Crippen molar-refractivity contribution in [3.05, 3.63) is 22.4 Å². The van der Waals surface area contributed by atoms with E-state index in [0.717, 1.165) is 4.60 Å². The highest BCUT2D eigenvalue weighted by atomic mass is 79.9. The number of nitrogens with zero attached hydrogens (tertiary/aromatic N) is 3. The Hall–Kier alpha value is -1.58. The van der Waals surface area contributed by atoms with E-state index in [1.807, 2.05) is 10.6 Å². The number of urea groups is 1. The van der Waals surface area contributed by atoms with Crippen LogP contribution in [0.4, 0.5) is 4.79 Å². The van der Waals surface area contributed by atoms with Gasteiger partial charge < -0.3 is 19.4 Å². The second kappa shape index (κ2) is 5.21. The van der Waals surface area contributed by atoms with E-state index in [-0.39, 0.29) is 36.8 Å². The van der Waals surface area contributed by atoms with Gasteiger partial charge in [0.05, 0.1) is 16.7 Å². The maximum absolute atomic E-state index is 12.7. The van der Waals surface area contributed by atoms with Crippen LogP contribution in [0.5, 0.6) is 0 Å². The van der Waals surface area contributed by atoms with Gasteiger partial charge in [0, 0.05) is 27.7 Å². The molecule has 8 nitrogen and oxygen atoms in total. The number of hydrogen-bond donors (Lipinski definition) is 1. The zero-order chi connectivity index (χ0) is 17.2. The van der Waals surface area contributed by atoms with E-state index in [9.17, 15) is 9.59 Å². The first-order valence-electron chi connectivity index (χ1n) is 7.72. The van der Waals surface area contributed by atoms with Gasteiger partial charge in [-0.05, 0) is 28.1 Å². The molecule has 2 aliphatic heterocycles. The van der Waals surface area contributed by atoms with Gasteiger partial charge >= 0.3 is 6.03 Å². The van der Waals surface area contributed by atoms with Crippen LogP contribution >= 0.6 is 15.9 Å². The molecule has 2 fully saturated rings. The Kier molecular flexibility index (Phi) is 3.45. The number of methoxy groups -OCH3 is 2. The van der Waals surface area contributed by atoms with Crippen molar-refractivity contribution in [2.24, 2.45) is 0 Å². The highest BCUT2D eigenvalue weighted by Gasteiger charge is 2.67. The maximum Gasteiger partial charge on any atom is 0.324 e. The van der Waals surface area contributed by atoms with E-state index in [1.54, 1.807) is 37.1 Å². The number of ether oxygens (including phenoxy) is 2. The summed E-state index contributed by atoms with van der Waals surface area (Å²) in [5.74, 6) is -0.145. The predicted molar refractivity (Wildman–Crippen MR) is 87.4 cm³/mol. The van der Waals surface area contributed by atoms with Crippen molar-refractivity contribution in [3.8, 4) is 0 Å². The van der Waals surface area contributed by atoms with E-state index in [2.05, 4.69) is 21.2 Å². The minimum Gasteiger partial charge on any atom is -0.364 e. The van der Waals surface area contributed by atoms with Crippen molar-refractivity contribution in [2.45, 2.75) is 30.3 Å². The van der Waals surface area contributed by atoms with Crippen molar-refractivity contribution in [1.82, 2.24) is 19.7 Å². The van der Waals surface area contributed by atoms with Crippen LogP contribution in [0.2, 0.25) is 0 Å². The van der Waals surface area contributed by atoms with Gasteiger partial charge in [-0.15, -0.1) is 0 Å². The monoisotopic (exact) mass is 398 g/mol. The predicted octanol–water partition coefficient (Wildman–Crippen LogP) is 0.990. The lowest BCUT2D eigenvalue weighted by Crippen LogP contribution is -2.58. The molecule has 0 unspecified atom stereocenters. The van der Waals surface area contributed by atoms with Crippen LogP contribution in [0, 0.1) is 0 Å². The van der Waals surface area contributed by atoms with Crippen LogP contribution in [0.3, 0.4) is 0 Å². The SMILES string of the molecule is COCN1C(=O)N(C)[C@]2(OC)C[C@@H]3[C@@H](NC(=O)c4ccc(Br)n43)[C@H]12. The van der Waals surface area contributed by atoms with Crippen molar-refractivity contribution in [3.63, 3.8) is 0 Å². The highest BCUT2D eigenvalue weighted by molar-refractivity contribution is 9.10. The van der Waals surface area contributed by atoms with Crippen molar-refractivity contribution >= 4 is 27.9 Å². The molecule has 3 aliphatic rings. The summed E-state index contributed by atoms with van der Waals surface area (Å²) in [6, 6.07) is 2.92. The number of carbonyl (C=O) groups is 2. The van der Waals surface area contributed by atoms with Crippen molar-refractivity contribution in [2.75, 3.05) is 28.0 Å². The number of rotatable bonds is 3. The molecule has 0 radical (unpaired) electrons. The lowest BCUT2D eigenvalue weighted by atomic mass is 10.0. The average Bonchev–Trinajstić information content (AvgIpc) is 3.16. The Labute approximate surface area is 147 Å². The Morgan fingerprint density at radius 1 is 1.38 bits per heavy atom. The topological polar surface area (TPSA) is 76.0 Å². The first-order chi connectivity index (χ1) is 11.5. The second-order valence-electron chi connectivity index (χ2n) is 6.40. The van der Waals surface area contributed by atoms with E-state index >= 15 is 0 Å². The van der Waals surface area contributed by atoms with Gasteiger partial charge in [0.2, 0.25) is 0 Å². The molecule has 3 amide bonds. The van der Waals surface area contributed by atoms with Crippen LogP contribution < -0.4 is 5.32 Å². The Morgan fingerprint density at radius 2 is 2.12 bits per heavy atom. The van der Waals surface area contributed by atoms with Gasteiger partial charge in [0.1, 0.15) is 18.5 Å². The van der Waals surface area contributed by atoms with E-state index < -0.39 is 5.72 Å². The molecule has 1 aliphatic carbocycles. The molecule has 3 heterocycles. The van der Waals surface area contributed by atoms with Gasteiger partial charge in [0.15, 0.2) is 5.72 Å². The quantitative estimate of drug-likeness (QED) is 0.823. The zero-order valence-corrected chi connectivity index (χ0v) is 15.2. The van der Waals surface area contributed by atoms with Crippen molar-refractivity contribution in [1.29, 1.82) is 0 Å². The largest absolute Gasteiger partial charge is 0.364 e. The number of aromatic nitrogens is 1. The Morgan fingerprint density at radius 3 is 2.79 bits per heavy atom. The normalized spacial score (nSPS) is 34.2. The standard InChI is InChI=1S/C15H19BrN4O4/c1-18-14(22)19(7-23-2)12-11-9(6-15(12,18)24-3)20-8(13(21)17-11)4-5-10(20)16/h4-5,9,11-12H,6-7H2,1-3H3,(H,17,21)/t9-,11-,12+,15+/m1/s1. The average molecular weight is 399 g/mol. The van der Waals surface area contributed by atoms with E-state index in [4.69, 9.17) is 9.47 Å². The minimum absolute atomic E-state index is 0.0121. The molecule has 0 bridgehead atoms. The number of nitrogens with one attached hydrogen (secondary N) is 1. The molecular formula is C15H19BrN4O4. The molecule has 1 saturated carbocycles. The van der Waals surface area contributed by atoms with Crippen LogP contribution in [0.25, 0.3) is 0 Å². The third kappa shape index (κ3) is 1.75. The molecule has 1 saturated heterocycles. The fraction of sp³-hybridized carbons (Fsp3) is 0.600. The summed E-state index contributed by atoms with van der Waals surface area (Å²) < 4.78 is 13.9. The summed E-state index contributed by atoms with van der Waals surface area (Å²) in [5, 5.41) is 3.07. The molecule has 24 heavy (non-hydrogen) atoms. The van der Waals surface area contributed by atoms with Crippen LogP contribution in [0.1, 0.15) is 23.0 Å². The Bertz CT molecular complexity index is 722. The number of likely N-dealkylation sites (N-methyl/N-ethyl adjacent to an activating group) is 1. The second-order valence-corrected chi connectivity index (χ2v) is 7.22. The molecule has 4 rings (SSSR count). The van der Waals surface area contributed by atoms with Gasteiger partial charge in [-0.2, -0.15) is 0 Å². The summed E-state index contributed by atoms with van der Waals surface area (Å²) in [6.45, 7) is 0.151. The molecule has 0 aromatic carbocycles. The van der Waals surface area contributed by atoms with Crippen LogP contribution in [-0.2, 0) is 9.47 Å². The van der Waals surface area contributed by atoms with Crippen LogP contribution in [0.15, 0.2) is 16.7 Å². The molecule has 1 aromatic heterocycles. The third-order valence-corrected chi connectivity index (χ3v) is 6.15. The summed E-state index contributed by atoms with van der Waals surface area (Å²) in [7, 11) is 4.89. The smallest absolute Gasteiger partial charge is 0.324 e. The summed E-state index contributed by atoms with van der Waals surface area (Å²) in [5.41, 5.74) is -0.189. The van der Waals surface area contributed by atoms with Gasteiger partial charge in [-0.3, -0.25) is 14.6 Å².